The Bertz CT molecular complexity index is 591. The second kappa shape index (κ2) is 6.06. The van der Waals surface area contributed by atoms with Gasteiger partial charge in [0, 0.05) is 12.3 Å². The quantitative estimate of drug-likeness (QED) is 0.898. The fourth-order valence-corrected chi connectivity index (χ4v) is 2.06. The highest BCUT2D eigenvalue weighted by Crippen LogP contribution is 2.31. The van der Waals surface area contributed by atoms with Gasteiger partial charge in [-0.1, -0.05) is 26.0 Å². The monoisotopic (exact) mass is 271 g/mol. The van der Waals surface area contributed by atoms with Crippen LogP contribution in [0.3, 0.4) is 0 Å². The average Bonchev–Trinajstić information content (AvgIpc) is 2.38. The Morgan fingerprint density at radius 2 is 1.85 bits per heavy atom. The number of aryl methyl sites for hydroxylation is 1. The first kappa shape index (κ1) is 14.5. The zero-order valence-electron chi connectivity index (χ0n) is 12.4. The largest absolute Gasteiger partial charge is 0.439 e. The van der Waals surface area contributed by atoms with Crippen molar-refractivity contribution in [2.24, 2.45) is 0 Å². The van der Waals surface area contributed by atoms with E-state index in [1.165, 1.54) is 0 Å². The highest BCUT2D eigenvalue weighted by atomic mass is 16.5. The van der Waals surface area contributed by atoms with E-state index in [-0.39, 0.29) is 0 Å². The van der Waals surface area contributed by atoms with E-state index in [9.17, 15) is 5.11 Å². The third kappa shape index (κ3) is 3.36. The van der Waals surface area contributed by atoms with E-state index in [1.807, 2.05) is 13.0 Å². The van der Waals surface area contributed by atoms with Gasteiger partial charge in [-0.25, -0.2) is 4.98 Å². The number of aliphatic hydroxyl groups excluding tert-OH is 1. The van der Waals surface area contributed by atoms with E-state index in [4.69, 9.17) is 4.74 Å². The zero-order valence-corrected chi connectivity index (χ0v) is 12.4. The Balaban J connectivity index is 2.34. The molecule has 3 nitrogen and oxygen atoms in total. The first-order chi connectivity index (χ1) is 9.47. The van der Waals surface area contributed by atoms with Crippen molar-refractivity contribution in [2.75, 3.05) is 0 Å². The van der Waals surface area contributed by atoms with Crippen LogP contribution in [-0.4, -0.2) is 10.1 Å². The van der Waals surface area contributed by atoms with E-state index in [1.54, 1.807) is 25.3 Å². The molecular formula is C17H21NO2. The van der Waals surface area contributed by atoms with E-state index < -0.39 is 6.10 Å². The highest BCUT2D eigenvalue weighted by molar-refractivity contribution is 5.41. The van der Waals surface area contributed by atoms with Crippen LogP contribution in [0.1, 0.15) is 49.5 Å². The summed E-state index contributed by atoms with van der Waals surface area (Å²) in [6.45, 7) is 8.04. The summed E-state index contributed by atoms with van der Waals surface area (Å²) in [4.78, 5) is 4.21. The van der Waals surface area contributed by atoms with Gasteiger partial charge in [-0.2, -0.15) is 0 Å². The topological polar surface area (TPSA) is 42.4 Å². The molecule has 0 saturated heterocycles. The molecule has 0 aliphatic carbocycles. The molecule has 2 aromatic rings. The Hall–Kier alpha value is -1.87. The van der Waals surface area contributed by atoms with Crippen LogP contribution in [0, 0.1) is 6.92 Å². The molecule has 0 spiro atoms. The normalized spacial score (nSPS) is 12.5. The molecule has 106 valence electrons. The van der Waals surface area contributed by atoms with Crippen molar-refractivity contribution in [2.45, 2.75) is 39.7 Å². The van der Waals surface area contributed by atoms with Crippen molar-refractivity contribution in [3.05, 3.63) is 53.2 Å². The fourth-order valence-electron chi connectivity index (χ4n) is 2.06. The molecule has 1 unspecified atom stereocenters. The molecule has 1 atom stereocenters. The fraction of sp³-hybridized carbons (Fsp3) is 0.353. The lowest BCUT2D eigenvalue weighted by Crippen LogP contribution is -1.98. The Morgan fingerprint density at radius 3 is 2.50 bits per heavy atom. The molecule has 0 fully saturated rings. The maximum Gasteiger partial charge on any atom is 0.219 e. The summed E-state index contributed by atoms with van der Waals surface area (Å²) < 4.78 is 5.92. The van der Waals surface area contributed by atoms with Crippen molar-refractivity contribution in [1.29, 1.82) is 0 Å². The Morgan fingerprint density at radius 1 is 1.10 bits per heavy atom. The second-order valence-corrected chi connectivity index (χ2v) is 5.40. The molecule has 0 bridgehead atoms. The summed E-state index contributed by atoms with van der Waals surface area (Å²) >= 11 is 0. The molecule has 3 heteroatoms. The standard InChI is InChI=1S/C17H21NO2/c1-11(2)15-6-5-12(3)9-16(15)20-17-10-14(13(4)19)7-8-18-17/h5-11,13,19H,1-4H3. The van der Waals surface area contributed by atoms with Gasteiger partial charge in [-0.05, 0) is 48.6 Å². The third-order valence-electron chi connectivity index (χ3n) is 3.25. The van der Waals surface area contributed by atoms with Crippen molar-refractivity contribution < 1.29 is 9.84 Å². The lowest BCUT2D eigenvalue weighted by molar-refractivity contribution is 0.198. The first-order valence-corrected chi connectivity index (χ1v) is 6.90. The lowest BCUT2D eigenvalue weighted by Gasteiger charge is -2.14. The van der Waals surface area contributed by atoms with Crippen LogP contribution in [-0.2, 0) is 0 Å². The van der Waals surface area contributed by atoms with Crippen molar-refractivity contribution in [3.8, 4) is 11.6 Å². The van der Waals surface area contributed by atoms with Gasteiger partial charge in [-0.15, -0.1) is 0 Å². The van der Waals surface area contributed by atoms with Gasteiger partial charge < -0.3 is 9.84 Å². The number of benzene rings is 1. The van der Waals surface area contributed by atoms with Gasteiger partial charge in [0.25, 0.3) is 0 Å². The summed E-state index contributed by atoms with van der Waals surface area (Å²) in [5.41, 5.74) is 3.10. The Kier molecular flexibility index (Phi) is 4.40. The van der Waals surface area contributed by atoms with E-state index in [0.717, 1.165) is 22.4 Å². The summed E-state index contributed by atoms with van der Waals surface area (Å²) in [5, 5.41) is 9.62. The lowest BCUT2D eigenvalue weighted by atomic mass is 10.0. The summed E-state index contributed by atoms with van der Waals surface area (Å²) in [5.74, 6) is 1.72. The molecule has 0 amide bonds. The molecule has 0 radical (unpaired) electrons. The molecule has 0 aliphatic heterocycles. The van der Waals surface area contributed by atoms with Crippen molar-refractivity contribution >= 4 is 0 Å². The highest BCUT2D eigenvalue weighted by Gasteiger charge is 2.10. The van der Waals surface area contributed by atoms with Crippen LogP contribution in [0.25, 0.3) is 0 Å². The summed E-state index contributed by atoms with van der Waals surface area (Å²) in [6.07, 6.45) is 1.13. The number of pyridine rings is 1. The molecule has 0 aliphatic rings. The predicted molar refractivity (Wildman–Crippen MR) is 80.2 cm³/mol. The predicted octanol–water partition coefficient (Wildman–Crippen LogP) is 4.36. The van der Waals surface area contributed by atoms with Gasteiger partial charge in [0.2, 0.25) is 5.88 Å². The van der Waals surface area contributed by atoms with Crippen LogP contribution in [0.2, 0.25) is 0 Å². The molecule has 1 aromatic carbocycles. The maximum absolute atomic E-state index is 9.62. The summed E-state index contributed by atoms with van der Waals surface area (Å²) in [6, 6.07) is 9.76. The van der Waals surface area contributed by atoms with Gasteiger partial charge in [0.05, 0.1) is 6.10 Å². The maximum atomic E-state index is 9.62. The number of ether oxygens (including phenoxy) is 1. The van der Waals surface area contributed by atoms with Gasteiger partial charge in [-0.3, -0.25) is 0 Å². The van der Waals surface area contributed by atoms with Crippen LogP contribution in [0.5, 0.6) is 11.6 Å². The van der Waals surface area contributed by atoms with E-state index in [0.29, 0.717) is 11.8 Å². The first-order valence-electron chi connectivity index (χ1n) is 6.90. The number of hydrogen-bond donors (Lipinski definition) is 1. The SMILES string of the molecule is Cc1ccc(C(C)C)c(Oc2cc(C(C)O)ccn2)c1. The Labute approximate surface area is 120 Å². The molecular weight excluding hydrogens is 250 g/mol. The molecule has 1 heterocycles. The van der Waals surface area contributed by atoms with Crippen LogP contribution in [0.15, 0.2) is 36.5 Å². The van der Waals surface area contributed by atoms with E-state index in [2.05, 4.69) is 31.0 Å². The smallest absolute Gasteiger partial charge is 0.219 e. The number of aliphatic hydroxyl groups is 1. The molecule has 0 saturated carbocycles. The number of rotatable bonds is 4. The minimum absolute atomic E-state index is 0.380. The van der Waals surface area contributed by atoms with Crippen molar-refractivity contribution in [3.63, 3.8) is 0 Å². The van der Waals surface area contributed by atoms with Gasteiger partial charge in [0.15, 0.2) is 0 Å². The van der Waals surface area contributed by atoms with Gasteiger partial charge in [0.1, 0.15) is 5.75 Å². The number of nitrogens with zero attached hydrogens (tertiary/aromatic N) is 1. The third-order valence-corrected chi connectivity index (χ3v) is 3.25. The second-order valence-electron chi connectivity index (χ2n) is 5.40. The molecule has 1 N–H and O–H groups in total. The molecule has 20 heavy (non-hydrogen) atoms. The van der Waals surface area contributed by atoms with Crippen LogP contribution in [0.4, 0.5) is 0 Å². The minimum atomic E-state index is -0.526. The van der Waals surface area contributed by atoms with Crippen molar-refractivity contribution in [1.82, 2.24) is 4.98 Å². The minimum Gasteiger partial charge on any atom is -0.439 e. The number of hydrogen-bond acceptors (Lipinski definition) is 3. The molecule has 2 rings (SSSR count). The summed E-state index contributed by atoms with van der Waals surface area (Å²) in [7, 11) is 0. The zero-order chi connectivity index (χ0) is 14.7. The van der Waals surface area contributed by atoms with Gasteiger partial charge >= 0.3 is 0 Å². The van der Waals surface area contributed by atoms with E-state index >= 15 is 0 Å². The average molecular weight is 271 g/mol. The molecule has 1 aromatic heterocycles. The van der Waals surface area contributed by atoms with Crippen LogP contribution >= 0.6 is 0 Å². The van der Waals surface area contributed by atoms with Crippen LogP contribution < -0.4 is 4.74 Å². The number of aromatic nitrogens is 1.